The van der Waals surface area contributed by atoms with Crippen LogP contribution in [0.25, 0.3) is 17.0 Å². The highest BCUT2D eigenvalue weighted by Crippen LogP contribution is 2.51. The van der Waals surface area contributed by atoms with Crippen molar-refractivity contribution >= 4 is 64.3 Å². The Balaban J connectivity index is 1.27. The van der Waals surface area contributed by atoms with Gasteiger partial charge in [0.15, 0.2) is 17.2 Å². The van der Waals surface area contributed by atoms with Crippen LogP contribution in [0.1, 0.15) is 30.2 Å². The van der Waals surface area contributed by atoms with E-state index in [9.17, 15) is 14.2 Å². The van der Waals surface area contributed by atoms with Crippen molar-refractivity contribution in [1.29, 1.82) is 0 Å². The number of hydrogen-bond donors (Lipinski definition) is 1. The average molecular weight is 837 g/mol. The first-order valence-corrected chi connectivity index (χ1v) is 27.9. The molecule has 1 aliphatic heterocycles. The number of rotatable bonds is 18. The van der Waals surface area contributed by atoms with E-state index in [2.05, 4.69) is 56.5 Å². The summed E-state index contributed by atoms with van der Waals surface area (Å²) < 4.78 is 49.2. The molecule has 3 heterocycles. The van der Waals surface area contributed by atoms with E-state index in [-0.39, 0.29) is 43.7 Å². The normalized spacial score (nSPS) is 15.2. The molecule has 2 aromatic heterocycles. The molecular weight excluding hydrogens is 780 g/mol. The van der Waals surface area contributed by atoms with Gasteiger partial charge in [-0.3, -0.25) is 28.1 Å². The third kappa shape index (κ3) is 11.9. The Labute approximate surface area is 338 Å². The molecule has 2 amide bonds. The van der Waals surface area contributed by atoms with Crippen molar-refractivity contribution in [3.05, 3.63) is 77.7 Å². The lowest BCUT2D eigenvalue weighted by Gasteiger charge is -2.28. The fraction of sp³-hybridized carbons (Fsp3) is 0.439. The molecule has 4 aromatic rings. The highest BCUT2D eigenvalue weighted by Gasteiger charge is 2.34. The van der Waals surface area contributed by atoms with Gasteiger partial charge in [0.25, 0.3) is 0 Å². The lowest BCUT2D eigenvalue weighted by Crippen LogP contribution is -2.33. The molecule has 0 fully saturated rings. The molecule has 2 aromatic carbocycles. The van der Waals surface area contributed by atoms with Gasteiger partial charge in [0, 0.05) is 72.0 Å². The summed E-state index contributed by atoms with van der Waals surface area (Å²) in [6.45, 7) is 18.0. The molecule has 0 radical (unpaired) electrons. The van der Waals surface area contributed by atoms with Gasteiger partial charge in [0.1, 0.15) is 24.0 Å². The molecule has 2 atom stereocenters. The van der Waals surface area contributed by atoms with Crippen LogP contribution in [0, 0.1) is 6.92 Å². The number of anilines is 2. The van der Waals surface area contributed by atoms with Gasteiger partial charge in [-0.15, -0.1) is 0 Å². The summed E-state index contributed by atoms with van der Waals surface area (Å²) in [5, 5.41) is 4.11. The minimum atomic E-state index is -4.01. The number of benzene rings is 2. The number of aromatic nitrogens is 1. The summed E-state index contributed by atoms with van der Waals surface area (Å²) in [7, 11) is -3.76. The molecule has 0 spiro atoms. The van der Waals surface area contributed by atoms with Crippen LogP contribution in [0.15, 0.2) is 65.2 Å². The Morgan fingerprint density at radius 3 is 2.53 bits per heavy atom. The van der Waals surface area contributed by atoms with Gasteiger partial charge in [-0.1, -0.05) is 64.4 Å². The van der Waals surface area contributed by atoms with Crippen molar-refractivity contribution in [2.24, 2.45) is 0 Å². The van der Waals surface area contributed by atoms with Gasteiger partial charge in [0.2, 0.25) is 11.8 Å². The highest BCUT2D eigenvalue weighted by atomic mass is 31.2. The quantitative estimate of drug-likeness (QED) is 0.0581. The second kappa shape index (κ2) is 18.6. The summed E-state index contributed by atoms with van der Waals surface area (Å²) in [5.41, 5.74) is 2.88. The van der Waals surface area contributed by atoms with Gasteiger partial charge in [0.05, 0.1) is 26.0 Å². The third-order valence-electron chi connectivity index (χ3n) is 9.95. The number of phosphoric acid groups is 1. The van der Waals surface area contributed by atoms with Gasteiger partial charge in [-0.25, -0.2) is 9.55 Å². The molecule has 0 bridgehead atoms. The lowest BCUT2D eigenvalue weighted by molar-refractivity contribution is -0.125. The number of nitrogens with zero attached hydrogens (tertiary/aromatic N) is 3. The van der Waals surface area contributed by atoms with E-state index in [1.54, 1.807) is 37.4 Å². The number of ether oxygens (including phenoxy) is 2. The Bertz CT molecular complexity index is 2130. The average Bonchev–Trinajstić information content (AvgIpc) is 3.38. The number of pyridine rings is 1. The van der Waals surface area contributed by atoms with Gasteiger partial charge in [-0.2, -0.15) is 0 Å². The van der Waals surface area contributed by atoms with Crippen LogP contribution in [0.2, 0.25) is 50.9 Å². The van der Waals surface area contributed by atoms with Gasteiger partial charge >= 0.3 is 7.82 Å². The number of nitrogens with one attached hydrogen (secondary N) is 1. The fourth-order valence-corrected chi connectivity index (χ4v) is 8.51. The number of aryl methyl sites for hydroxylation is 1. The number of phosphoric ester groups is 1. The van der Waals surface area contributed by atoms with Crippen LogP contribution in [-0.4, -0.2) is 78.5 Å². The summed E-state index contributed by atoms with van der Waals surface area (Å²) in [5.74, 6) is 2.37. The largest absolute Gasteiger partial charge is 0.497 e. The van der Waals surface area contributed by atoms with Gasteiger partial charge in [-0.05, 0) is 54.4 Å². The zero-order valence-electron chi connectivity index (χ0n) is 34.8. The van der Waals surface area contributed by atoms with Crippen molar-refractivity contribution in [2.75, 3.05) is 50.9 Å². The summed E-state index contributed by atoms with van der Waals surface area (Å²) in [4.78, 5) is 34.2. The van der Waals surface area contributed by atoms with E-state index < -0.39 is 24.0 Å². The monoisotopic (exact) mass is 836 g/mol. The maximum absolute atomic E-state index is 14.0. The maximum atomic E-state index is 14.0. The zero-order valence-corrected chi connectivity index (χ0v) is 37.7. The molecule has 1 aliphatic rings. The fourth-order valence-electron chi connectivity index (χ4n) is 5.70. The molecule has 1 N–H and O–H groups in total. The smallest absolute Gasteiger partial charge is 0.476 e. The maximum Gasteiger partial charge on any atom is 0.476 e. The van der Waals surface area contributed by atoms with Gasteiger partial charge < -0.3 is 24.1 Å². The SMILES string of the molecule is COc1cccc(Oc2cccc3c(CN(C)C(=O)/C=C/c4cnc5c(c4)NCCC(=O)N5COP(=O)(OCC[Si](C)(C)C)OCC(C)[Si](C)(C)C)c(C)oc23)c1. The molecule has 16 heteroatoms. The van der Waals surface area contributed by atoms with Crippen LogP contribution >= 0.6 is 7.82 Å². The molecule has 308 valence electrons. The first-order valence-electron chi connectivity index (χ1n) is 19.2. The second-order valence-corrected chi connectivity index (χ2v) is 29.6. The predicted octanol–water partition coefficient (Wildman–Crippen LogP) is 9.94. The van der Waals surface area contributed by atoms with Crippen molar-refractivity contribution in [3.63, 3.8) is 0 Å². The van der Waals surface area contributed by atoms with E-state index in [1.807, 2.05) is 49.4 Å². The minimum Gasteiger partial charge on any atom is -0.497 e. The first kappa shape index (κ1) is 43.9. The van der Waals surface area contributed by atoms with E-state index >= 15 is 0 Å². The number of furan rings is 1. The molecule has 2 unspecified atom stereocenters. The summed E-state index contributed by atoms with van der Waals surface area (Å²) in [6, 6.07) is 15.6. The minimum absolute atomic E-state index is 0.166. The summed E-state index contributed by atoms with van der Waals surface area (Å²) in [6.07, 6.45) is 4.90. The van der Waals surface area contributed by atoms with Crippen molar-refractivity contribution in [1.82, 2.24) is 9.88 Å². The Morgan fingerprint density at radius 2 is 1.81 bits per heavy atom. The van der Waals surface area contributed by atoms with Crippen LogP contribution in [0.5, 0.6) is 17.2 Å². The standard InChI is InChI=1S/C41H57N4O9PSi2/c1-29(57(8,9)10)27-51-55(48,50-21-22-56(5,6)7)52-28-45-39(47)19-20-42-36-23-31(25-43-41(36)45)17-18-38(46)44(3)26-35-30(2)53-40-34(35)15-12-16-37(40)54-33-14-11-13-32(24-33)49-4/h11-18,23-25,29,42H,19-22,26-28H2,1-10H3/b18-17+. The summed E-state index contributed by atoms with van der Waals surface area (Å²) >= 11 is 0. The van der Waals surface area contributed by atoms with Crippen LogP contribution in [0.3, 0.4) is 0 Å². The Hall–Kier alpha value is -4.25. The van der Waals surface area contributed by atoms with Crippen molar-refractivity contribution < 1.29 is 41.6 Å². The van der Waals surface area contributed by atoms with Crippen LogP contribution < -0.4 is 19.7 Å². The second-order valence-electron chi connectivity index (χ2n) is 16.6. The number of carbonyl (C=O) groups is 2. The number of carbonyl (C=O) groups excluding carboxylic acids is 2. The van der Waals surface area contributed by atoms with E-state index in [0.717, 1.165) is 17.0 Å². The topological polar surface area (TPSA) is 142 Å². The first-order chi connectivity index (χ1) is 26.9. The number of likely N-dealkylation sites (N-methyl/N-ethyl adjacent to an activating group) is 1. The van der Waals surface area contributed by atoms with Crippen molar-refractivity contribution in [2.45, 2.75) is 77.7 Å². The van der Waals surface area contributed by atoms with E-state index in [0.29, 0.717) is 58.8 Å². The molecule has 0 saturated heterocycles. The third-order valence-corrected chi connectivity index (χ3v) is 16.2. The number of para-hydroxylation sites is 1. The molecule has 0 aliphatic carbocycles. The Morgan fingerprint density at radius 1 is 1.07 bits per heavy atom. The van der Waals surface area contributed by atoms with Crippen LogP contribution in [0.4, 0.5) is 11.5 Å². The molecule has 0 saturated carbocycles. The Kier molecular flexibility index (Phi) is 14.3. The number of methoxy groups -OCH3 is 1. The number of hydrogen-bond acceptors (Lipinski definition) is 11. The molecule has 57 heavy (non-hydrogen) atoms. The highest BCUT2D eigenvalue weighted by molar-refractivity contribution is 7.48. The lowest BCUT2D eigenvalue weighted by atomic mass is 10.1. The predicted molar refractivity (Wildman–Crippen MR) is 231 cm³/mol. The number of amides is 2. The molecule has 5 rings (SSSR count). The molecule has 13 nitrogen and oxygen atoms in total. The number of fused-ring (bicyclic) bond motifs is 2. The zero-order chi connectivity index (χ0) is 41.5. The van der Waals surface area contributed by atoms with E-state index in [1.165, 1.54) is 11.0 Å². The van der Waals surface area contributed by atoms with Crippen LogP contribution in [-0.2, 0) is 34.3 Å². The molecular formula is C41H57N4O9PSi2. The van der Waals surface area contributed by atoms with Crippen molar-refractivity contribution in [3.8, 4) is 17.2 Å². The van der Waals surface area contributed by atoms with E-state index in [4.69, 9.17) is 27.5 Å².